The fraction of sp³-hybridized carbons (Fsp3) is 0.611. The smallest absolute Gasteiger partial charge is 0.407 e. The molecule has 0 aromatic heterocycles. The van der Waals surface area contributed by atoms with Crippen LogP contribution in [0, 0.1) is 5.92 Å². The minimum Gasteiger partial charge on any atom is -0.445 e. The maximum Gasteiger partial charge on any atom is 0.407 e. The Balaban J connectivity index is 1.35. The number of nitrogens with one attached hydrogen (secondary N) is 1. The van der Waals surface area contributed by atoms with Gasteiger partial charge in [0.2, 0.25) is 0 Å². The second-order valence-corrected chi connectivity index (χ2v) is 8.61. The van der Waals surface area contributed by atoms with E-state index in [2.05, 4.69) is 5.32 Å². The monoisotopic (exact) mass is 335 g/mol. The van der Waals surface area contributed by atoms with E-state index < -0.39 is 10.8 Å². The summed E-state index contributed by atoms with van der Waals surface area (Å²) in [5.41, 5.74) is 0.991. The van der Waals surface area contributed by atoms with Gasteiger partial charge in [0, 0.05) is 27.8 Å². The number of hydrogen-bond acceptors (Lipinski definition) is 3. The molecule has 2 aliphatic heterocycles. The SMILES string of the molecule is O=C(NCCC1CC2CCCC(C1)S2=O)OCc1ccccc1. The molecule has 5 heteroatoms. The van der Waals surface area contributed by atoms with Gasteiger partial charge in [-0.1, -0.05) is 36.8 Å². The molecule has 0 spiro atoms. The average Bonchev–Trinajstić information content (AvgIpc) is 2.55. The van der Waals surface area contributed by atoms with Gasteiger partial charge in [0.25, 0.3) is 0 Å². The lowest BCUT2D eigenvalue weighted by atomic mass is 9.87. The summed E-state index contributed by atoms with van der Waals surface area (Å²) in [5, 5.41) is 3.64. The van der Waals surface area contributed by atoms with Gasteiger partial charge in [-0.15, -0.1) is 0 Å². The fourth-order valence-electron chi connectivity index (χ4n) is 3.73. The summed E-state index contributed by atoms with van der Waals surface area (Å²) in [7, 11) is -0.607. The Morgan fingerprint density at radius 3 is 2.57 bits per heavy atom. The van der Waals surface area contributed by atoms with Crippen molar-refractivity contribution in [3.63, 3.8) is 0 Å². The molecule has 4 nitrogen and oxygen atoms in total. The molecule has 0 aliphatic carbocycles. The van der Waals surface area contributed by atoms with Crippen LogP contribution < -0.4 is 5.32 Å². The van der Waals surface area contributed by atoms with Crippen LogP contribution in [-0.4, -0.2) is 27.3 Å². The van der Waals surface area contributed by atoms with Gasteiger partial charge in [0.1, 0.15) is 6.61 Å². The number of hydrogen-bond donors (Lipinski definition) is 1. The number of benzene rings is 1. The zero-order valence-electron chi connectivity index (χ0n) is 13.4. The van der Waals surface area contributed by atoms with Crippen LogP contribution in [0.4, 0.5) is 4.79 Å². The second-order valence-electron chi connectivity index (χ2n) is 6.62. The van der Waals surface area contributed by atoms with Crippen LogP contribution >= 0.6 is 0 Å². The van der Waals surface area contributed by atoms with E-state index in [1.54, 1.807) is 0 Å². The fourth-order valence-corrected chi connectivity index (χ4v) is 6.00. The molecule has 2 unspecified atom stereocenters. The van der Waals surface area contributed by atoms with E-state index >= 15 is 0 Å². The van der Waals surface area contributed by atoms with Gasteiger partial charge in [-0.3, -0.25) is 4.21 Å². The summed E-state index contributed by atoms with van der Waals surface area (Å²) < 4.78 is 17.4. The van der Waals surface area contributed by atoms with Crippen molar-refractivity contribution < 1.29 is 13.7 Å². The Kier molecular flexibility index (Phi) is 5.70. The van der Waals surface area contributed by atoms with Crippen LogP contribution in [0.15, 0.2) is 30.3 Å². The molecular formula is C18H25NO3S. The van der Waals surface area contributed by atoms with E-state index in [9.17, 15) is 9.00 Å². The van der Waals surface area contributed by atoms with Crippen LogP contribution in [0.5, 0.6) is 0 Å². The first-order valence-electron chi connectivity index (χ1n) is 8.56. The van der Waals surface area contributed by atoms with Crippen molar-refractivity contribution >= 4 is 16.9 Å². The van der Waals surface area contributed by atoms with Crippen molar-refractivity contribution in [3.8, 4) is 0 Å². The molecule has 126 valence electrons. The zero-order valence-corrected chi connectivity index (χ0v) is 14.2. The molecule has 2 bridgehead atoms. The van der Waals surface area contributed by atoms with Gasteiger partial charge in [-0.2, -0.15) is 0 Å². The highest BCUT2D eigenvalue weighted by molar-refractivity contribution is 7.86. The second kappa shape index (κ2) is 7.95. The molecule has 2 atom stereocenters. The van der Waals surface area contributed by atoms with Crippen molar-refractivity contribution in [3.05, 3.63) is 35.9 Å². The van der Waals surface area contributed by atoms with E-state index in [4.69, 9.17) is 4.74 Å². The highest BCUT2D eigenvalue weighted by Crippen LogP contribution is 2.37. The zero-order chi connectivity index (χ0) is 16.1. The molecule has 1 N–H and O–H groups in total. The van der Waals surface area contributed by atoms with Gasteiger partial charge < -0.3 is 10.1 Å². The van der Waals surface area contributed by atoms with Crippen molar-refractivity contribution in [1.29, 1.82) is 0 Å². The maximum absolute atomic E-state index is 12.2. The summed E-state index contributed by atoms with van der Waals surface area (Å²) in [6, 6.07) is 9.68. The van der Waals surface area contributed by atoms with Gasteiger partial charge in [0.05, 0.1) is 0 Å². The Morgan fingerprint density at radius 2 is 1.87 bits per heavy atom. The van der Waals surface area contributed by atoms with Crippen molar-refractivity contribution in [1.82, 2.24) is 5.32 Å². The van der Waals surface area contributed by atoms with E-state index in [-0.39, 0.29) is 6.09 Å². The first-order valence-corrected chi connectivity index (χ1v) is 9.84. The number of alkyl carbamates (subject to hydrolysis) is 1. The topological polar surface area (TPSA) is 55.4 Å². The third kappa shape index (κ3) is 4.56. The molecule has 2 heterocycles. The van der Waals surface area contributed by atoms with Crippen LogP contribution in [0.1, 0.15) is 44.1 Å². The van der Waals surface area contributed by atoms with Gasteiger partial charge >= 0.3 is 6.09 Å². The quantitative estimate of drug-likeness (QED) is 0.897. The molecule has 1 aromatic carbocycles. The molecule has 2 fully saturated rings. The average molecular weight is 335 g/mol. The van der Waals surface area contributed by atoms with Crippen LogP contribution in [0.25, 0.3) is 0 Å². The largest absolute Gasteiger partial charge is 0.445 e. The molecule has 3 rings (SSSR count). The van der Waals surface area contributed by atoms with E-state index in [0.717, 1.165) is 37.7 Å². The first kappa shape index (κ1) is 16.5. The standard InChI is InChI=1S/C18H25NO3S/c20-18(22-13-14-5-2-1-3-6-14)19-10-9-15-11-16-7-4-8-17(12-15)23(16)21/h1-3,5-6,15-17H,4,7-13H2,(H,19,20). The first-order chi connectivity index (χ1) is 11.2. The molecule has 2 saturated heterocycles. The molecule has 1 amide bonds. The van der Waals surface area contributed by atoms with Crippen LogP contribution in [-0.2, 0) is 22.1 Å². The lowest BCUT2D eigenvalue weighted by Crippen LogP contribution is -2.40. The minimum atomic E-state index is -0.607. The Hall–Kier alpha value is -1.36. The highest BCUT2D eigenvalue weighted by atomic mass is 32.2. The maximum atomic E-state index is 12.2. The normalized spacial score (nSPS) is 29.7. The van der Waals surface area contributed by atoms with Crippen LogP contribution in [0.3, 0.4) is 0 Å². The predicted octanol–water partition coefficient (Wildman–Crippen LogP) is 3.38. The third-order valence-corrected chi connectivity index (χ3v) is 7.11. The number of carbonyl (C=O) groups is 1. The molecular weight excluding hydrogens is 310 g/mol. The number of fused-ring (bicyclic) bond motifs is 2. The van der Waals surface area contributed by atoms with E-state index in [0.29, 0.717) is 29.6 Å². The lowest BCUT2D eigenvalue weighted by Gasteiger charge is -2.38. The lowest BCUT2D eigenvalue weighted by molar-refractivity contribution is 0.138. The van der Waals surface area contributed by atoms with Gasteiger partial charge in [0.15, 0.2) is 0 Å². The van der Waals surface area contributed by atoms with E-state index in [1.807, 2.05) is 30.3 Å². The van der Waals surface area contributed by atoms with Crippen molar-refractivity contribution in [2.24, 2.45) is 5.92 Å². The Labute approximate surface area is 140 Å². The van der Waals surface area contributed by atoms with Crippen molar-refractivity contribution in [2.45, 2.75) is 55.6 Å². The number of carbonyl (C=O) groups excluding carboxylic acids is 1. The molecule has 1 aromatic rings. The molecule has 23 heavy (non-hydrogen) atoms. The number of rotatable bonds is 5. The van der Waals surface area contributed by atoms with Gasteiger partial charge in [-0.25, -0.2) is 4.79 Å². The third-order valence-electron chi connectivity index (χ3n) is 4.94. The summed E-state index contributed by atoms with van der Waals surface area (Å²) in [6.45, 7) is 0.948. The summed E-state index contributed by atoms with van der Waals surface area (Å²) in [6.07, 6.45) is 6.20. The van der Waals surface area contributed by atoms with Crippen LogP contribution in [0.2, 0.25) is 0 Å². The Morgan fingerprint density at radius 1 is 1.17 bits per heavy atom. The van der Waals surface area contributed by atoms with Gasteiger partial charge in [-0.05, 0) is 43.6 Å². The van der Waals surface area contributed by atoms with Crippen molar-refractivity contribution in [2.75, 3.05) is 6.54 Å². The molecule has 0 radical (unpaired) electrons. The summed E-state index contributed by atoms with van der Waals surface area (Å²) >= 11 is 0. The number of amides is 1. The molecule has 0 saturated carbocycles. The predicted molar refractivity (Wildman–Crippen MR) is 91.5 cm³/mol. The Bertz CT molecular complexity index is 532. The highest BCUT2D eigenvalue weighted by Gasteiger charge is 2.37. The number of ether oxygens (including phenoxy) is 1. The summed E-state index contributed by atoms with van der Waals surface area (Å²) in [5.74, 6) is 0.595. The summed E-state index contributed by atoms with van der Waals surface area (Å²) in [4.78, 5) is 11.7. The van der Waals surface area contributed by atoms with E-state index in [1.165, 1.54) is 6.42 Å². The molecule has 2 aliphatic rings. The minimum absolute atomic E-state index is 0.305.